The van der Waals surface area contributed by atoms with E-state index in [1.165, 1.54) is 19.1 Å². The fourth-order valence-electron chi connectivity index (χ4n) is 2.98. The SMILES string of the molecule is COC(CCCOCP(O)O)Nc1nc(Cl)nc(NC2CCCC2)c1C=N. The largest absolute Gasteiger partial charge is 0.372 e. The molecule has 1 aromatic rings. The summed E-state index contributed by atoms with van der Waals surface area (Å²) in [5.41, 5.74) is 0.538. The second kappa shape index (κ2) is 11.7. The van der Waals surface area contributed by atoms with Gasteiger partial charge in [-0.2, -0.15) is 9.97 Å². The molecule has 1 aliphatic carbocycles. The molecule has 0 saturated heterocycles. The summed E-state index contributed by atoms with van der Waals surface area (Å²) in [5, 5.41) is 14.4. The number of aromatic nitrogens is 2. The molecule has 0 radical (unpaired) electrons. The van der Waals surface area contributed by atoms with E-state index in [0.717, 1.165) is 12.8 Å². The zero-order chi connectivity index (χ0) is 19.6. The normalized spacial score (nSPS) is 15.9. The predicted octanol–water partition coefficient (Wildman–Crippen LogP) is 2.92. The standard InChI is InChI=1S/C16H27ClN5O4P/c1-25-13(7-4-8-26-10-27(23)24)20-15-12(9-18)14(21-16(17)22-15)19-11-5-2-3-6-11/h9,11,13,18,23-24H,2-8,10H2,1H3,(H2,19,20,21,22). The zero-order valence-corrected chi connectivity index (χ0v) is 17.0. The van der Waals surface area contributed by atoms with Gasteiger partial charge in [0.15, 0.2) is 8.38 Å². The van der Waals surface area contributed by atoms with Crippen molar-refractivity contribution in [3.8, 4) is 0 Å². The third-order valence-corrected chi connectivity index (χ3v) is 4.89. The number of ether oxygens (including phenoxy) is 2. The molecule has 27 heavy (non-hydrogen) atoms. The molecule has 1 saturated carbocycles. The lowest BCUT2D eigenvalue weighted by atomic mass is 10.2. The number of rotatable bonds is 12. The number of hydrogen-bond donors (Lipinski definition) is 5. The van der Waals surface area contributed by atoms with Crippen molar-refractivity contribution >= 4 is 37.8 Å². The van der Waals surface area contributed by atoms with E-state index in [0.29, 0.717) is 42.7 Å². The molecule has 1 unspecified atom stereocenters. The minimum atomic E-state index is -2.03. The monoisotopic (exact) mass is 419 g/mol. The zero-order valence-electron chi connectivity index (χ0n) is 15.3. The molecule has 1 aliphatic rings. The van der Waals surface area contributed by atoms with Crippen LogP contribution in [0.2, 0.25) is 5.28 Å². The summed E-state index contributed by atoms with van der Waals surface area (Å²) in [6, 6.07) is 0.335. The number of nitrogens with zero attached hydrogens (tertiary/aromatic N) is 2. The Bertz CT molecular complexity index is 604. The number of nitrogens with one attached hydrogen (secondary N) is 3. The number of halogens is 1. The van der Waals surface area contributed by atoms with Crippen LogP contribution in [0.3, 0.4) is 0 Å². The highest BCUT2D eigenvalue weighted by atomic mass is 35.5. The highest BCUT2D eigenvalue weighted by Crippen LogP contribution is 2.27. The van der Waals surface area contributed by atoms with Crippen LogP contribution in [0.4, 0.5) is 11.6 Å². The molecule has 1 aromatic heterocycles. The Balaban J connectivity index is 1.99. The van der Waals surface area contributed by atoms with Crippen molar-refractivity contribution in [1.29, 1.82) is 5.41 Å². The van der Waals surface area contributed by atoms with E-state index in [1.54, 1.807) is 7.11 Å². The Kier molecular flexibility index (Phi) is 9.61. The summed E-state index contributed by atoms with van der Waals surface area (Å²) in [4.78, 5) is 26.1. The lowest BCUT2D eigenvalue weighted by Crippen LogP contribution is -2.25. The van der Waals surface area contributed by atoms with Crippen LogP contribution in [0.5, 0.6) is 0 Å². The molecule has 0 aliphatic heterocycles. The third kappa shape index (κ3) is 7.44. The van der Waals surface area contributed by atoms with E-state index in [9.17, 15) is 0 Å². The smallest absolute Gasteiger partial charge is 0.226 e. The molecule has 0 amide bonds. The predicted molar refractivity (Wildman–Crippen MR) is 107 cm³/mol. The van der Waals surface area contributed by atoms with E-state index in [-0.39, 0.29) is 17.9 Å². The lowest BCUT2D eigenvalue weighted by molar-refractivity contribution is 0.0987. The minimum absolute atomic E-state index is 0.0594. The quantitative estimate of drug-likeness (QED) is 0.115. The number of anilines is 2. The van der Waals surface area contributed by atoms with Crippen molar-refractivity contribution in [2.45, 2.75) is 50.8 Å². The van der Waals surface area contributed by atoms with Gasteiger partial charge in [-0.1, -0.05) is 12.8 Å². The first kappa shape index (κ1) is 22.2. The Morgan fingerprint density at radius 2 is 2.04 bits per heavy atom. The topological polar surface area (TPSA) is 133 Å². The Labute approximate surface area is 165 Å². The fourth-order valence-corrected chi connectivity index (χ4v) is 3.44. The van der Waals surface area contributed by atoms with E-state index < -0.39 is 8.38 Å². The van der Waals surface area contributed by atoms with Crippen LogP contribution in [-0.4, -0.2) is 58.3 Å². The summed E-state index contributed by atoms with van der Waals surface area (Å²) in [7, 11) is -0.455. The van der Waals surface area contributed by atoms with Crippen LogP contribution in [-0.2, 0) is 9.47 Å². The van der Waals surface area contributed by atoms with Gasteiger partial charge in [-0.05, 0) is 37.3 Å². The highest BCUT2D eigenvalue weighted by Gasteiger charge is 2.20. The molecule has 2 rings (SSSR count). The molecule has 1 atom stereocenters. The molecule has 0 spiro atoms. The van der Waals surface area contributed by atoms with E-state index >= 15 is 0 Å². The van der Waals surface area contributed by atoms with Gasteiger partial charge in [0.1, 0.15) is 24.2 Å². The maximum Gasteiger partial charge on any atom is 0.226 e. The first-order valence-electron chi connectivity index (χ1n) is 8.90. The summed E-state index contributed by atoms with van der Waals surface area (Å²) in [6.45, 7) is 0.387. The van der Waals surface area contributed by atoms with Gasteiger partial charge in [-0.3, -0.25) is 0 Å². The van der Waals surface area contributed by atoms with Crippen molar-refractivity contribution < 1.29 is 19.3 Å². The molecular weight excluding hydrogens is 393 g/mol. The van der Waals surface area contributed by atoms with E-state index in [2.05, 4.69) is 20.6 Å². The fraction of sp³-hybridized carbons (Fsp3) is 0.688. The Morgan fingerprint density at radius 3 is 2.67 bits per heavy atom. The van der Waals surface area contributed by atoms with Gasteiger partial charge < -0.3 is 35.3 Å². The highest BCUT2D eigenvalue weighted by molar-refractivity contribution is 7.44. The summed E-state index contributed by atoms with van der Waals surface area (Å²) in [6.07, 6.45) is 6.57. The van der Waals surface area contributed by atoms with Gasteiger partial charge in [0.2, 0.25) is 5.28 Å². The molecule has 5 N–H and O–H groups in total. The van der Waals surface area contributed by atoms with Gasteiger partial charge in [0.25, 0.3) is 0 Å². The molecule has 1 fully saturated rings. The average molecular weight is 420 g/mol. The van der Waals surface area contributed by atoms with Crippen LogP contribution in [0.25, 0.3) is 0 Å². The van der Waals surface area contributed by atoms with Crippen molar-refractivity contribution in [3.05, 3.63) is 10.8 Å². The van der Waals surface area contributed by atoms with Crippen molar-refractivity contribution in [1.82, 2.24) is 9.97 Å². The Hall–Kier alpha value is -1.09. The van der Waals surface area contributed by atoms with Gasteiger partial charge in [0.05, 0.1) is 5.56 Å². The summed E-state index contributed by atoms with van der Waals surface area (Å²) >= 11 is 6.08. The van der Waals surface area contributed by atoms with Crippen molar-refractivity contribution in [2.24, 2.45) is 0 Å². The molecule has 11 heteroatoms. The van der Waals surface area contributed by atoms with Crippen molar-refractivity contribution in [2.75, 3.05) is 30.7 Å². The molecule has 0 aromatic carbocycles. The van der Waals surface area contributed by atoms with E-state index in [4.69, 9.17) is 36.3 Å². The second-order valence-electron chi connectivity index (χ2n) is 6.29. The van der Waals surface area contributed by atoms with Crippen molar-refractivity contribution in [3.63, 3.8) is 0 Å². The summed E-state index contributed by atoms with van der Waals surface area (Å²) in [5.74, 6) is 0.990. The van der Waals surface area contributed by atoms with Crippen LogP contribution in [0.1, 0.15) is 44.1 Å². The van der Waals surface area contributed by atoms with Crippen LogP contribution < -0.4 is 10.6 Å². The Morgan fingerprint density at radius 1 is 1.33 bits per heavy atom. The lowest BCUT2D eigenvalue weighted by Gasteiger charge is -2.21. The second-order valence-corrected chi connectivity index (χ2v) is 7.63. The molecular formula is C16H27ClN5O4P. The molecule has 152 valence electrons. The van der Waals surface area contributed by atoms with Gasteiger partial charge in [0, 0.05) is 26.0 Å². The maximum atomic E-state index is 8.82. The van der Waals surface area contributed by atoms with Crippen LogP contribution in [0.15, 0.2) is 0 Å². The first-order chi connectivity index (χ1) is 13.0. The average Bonchev–Trinajstić information content (AvgIpc) is 3.13. The van der Waals surface area contributed by atoms with Gasteiger partial charge in [-0.25, -0.2) is 0 Å². The van der Waals surface area contributed by atoms with E-state index in [1.807, 2.05) is 0 Å². The van der Waals surface area contributed by atoms with Gasteiger partial charge in [-0.15, -0.1) is 0 Å². The minimum Gasteiger partial charge on any atom is -0.372 e. The molecule has 1 heterocycles. The molecule has 9 nitrogen and oxygen atoms in total. The van der Waals surface area contributed by atoms with Gasteiger partial charge >= 0.3 is 0 Å². The van der Waals surface area contributed by atoms with Crippen LogP contribution in [0, 0.1) is 5.41 Å². The first-order valence-corrected chi connectivity index (χ1v) is 10.7. The number of hydrogen-bond acceptors (Lipinski definition) is 9. The third-order valence-electron chi connectivity index (χ3n) is 4.30. The maximum absolute atomic E-state index is 8.82. The summed E-state index contributed by atoms with van der Waals surface area (Å²) < 4.78 is 10.6. The van der Waals surface area contributed by atoms with Crippen LogP contribution >= 0.6 is 20.0 Å². The molecule has 0 bridgehead atoms. The number of methoxy groups -OCH3 is 1.